The highest BCUT2D eigenvalue weighted by Gasteiger charge is 2.39. The molecule has 0 saturated carbocycles. The minimum atomic E-state index is -0.838. The molecule has 3 aromatic rings. The zero-order valence-corrected chi connectivity index (χ0v) is 14.6. The molecular weight excluding hydrogens is 376 g/mol. The molecule has 1 aliphatic rings. The van der Waals surface area contributed by atoms with Crippen LogP contribution in [-0.4, -0.2) is 27.8 Å². The number of imide groups is 1. The van der Waals surface area contributed by atoms with Crippen LogP contribution in [0.3, 0.4) is 0 Å². The lowest BCUT2D eigenvalue weighted by atomic mass is 10.1. The summed E-state index contributed by atoms with van der Waals surface area (Å²) in [5.74, 6) is -2.18. The van der Waals surface area contributed by atoms with E-state index in [-0.39, 0.29) is 16.0 Å². The fourth-order valence-electron chi connectivity index (χ4n) is 2.51. The summed E-state index contributed by atoms with van der Waals surface area (Å²) in [5, 5.41) is 1.51. The predicted octanol–water partition coefficient (Wildman–Crippen LogP) is 3.83. The van der Waals surface area contributed by atoms with Crippen LogP contribution < -0.4 is 0 Å². The van der Waals surface area contributed by atoms with E-state index in [1.54, 1.807) is 36.4 Å². The molecule has 0 unspecified atom stereocenters. The van der Waals surface area contributed by atoms with E-state index in [2.05, 4.69) is 4.98 Å². The van der Waals surface area contributed by atoms with Crippen LogP contribution in [0.25, 0.3) is 10.6 Å². The first kappa shape index (κ1) is 16.4. The number of carbonyl (C=O) groups is 3. The topological polar surface area (TPSA) is 76.6 Å². The van der Waals surface area contributed by atoms with Gasteiger partial charge < -0.3 is 4.84 Å². The lowest BCUT2D eigenvalue weighted by Crippen LogP contribution is -2.32. The van der Waals surface area contributed by atoms with Crippen LogP contribution in [-0.2, 0) is 4.84 Å². The molecule has 1 aromatic heterocycles. The number of halogens is 1. The van der Waals surface area contributed by atoms with Gasteiger partial charge in [-0.2, -0.15) is 0 Å². The van der Waals surface area contributed by atoms with Gasteiger partial charge in [-0.1, -0.05) is 47.0 Å². The minimum Gasteiger partial charge on any atom is -0.323 e. The molecule has 0 radical (unpaired) electrons. The standard InChI is InChI=1S/C18H9ClN2O4S/c19-13-8-4-3-7-12(13)15-20-9-14(26-15)18(24)25-21-16(22)10-5-1-2-6-11(10)17(21)23/h1-9H. The number of carbonyl (C=O) groups excluding carboxylic acids is 3. The van der Waals surface area contributed by atoms with Crippen LogP contribution in [0, 0.1) is 0 Å². The Kier molecular flexibility index (Phi) is 4.02. The molecule has 1 aliphatic heterocycles. The van der Waals surface area contributed by atoms with Crippen molar-refractivity contribution in [1.82, 2.24) is 10.0 Å². The number of fused-ring (bicyclic) bond motifs is 1. The third kappa shape index (κ3) is 2.67. The molecule has 0 atom stereocenters. The molecule has 0 N–H and O–H groups in total. The fraction of sp³-hybridized carbons (Fsp3) is 0. The number of aromatic nitrogens is 1. The van der Waals surface area contributed by atoms with Gasteiger partial charge in [-0.25, -0.2) is 9.78 Å². The SMILES string of the molecule is O=C(ON1C(=O)c2ccccc2C1=O)c1cnc(-c2ccccc2Cl)s1. The summed E-state index contributed by atoms with van der Waals surface area (Å²) in [6.07, 6.45) is 1.32. The van der Waals surface area contributed by atoms with Gasteiger partial charge in [0.15, 0.2) is 0 Å². The van der Waals surface area contributed by atoms with Crippen LogP contribution in [0.5, 0.6) is 0 Å². The summed E-state index contributed by atoms with van der Waals surface area (Å²) in [6.45, 7) is 0. The molecule has 128 valence electrons. The average Bonchev–Trinajstić information content (AvgIpc) is 3.23. The number of benzene rings is 2. The maximum absolute atomic E-state index is 12.3. The van der Waals surface area contributed by atoms with E-state index >= 15 is 0 Å². The van der Waals surface area contributed by atoms with Crippen molar-refractivity contribution in [3.05, 3.63) is 75.8 Å². The summed E-state index contributed by atoms with van der Waals surface area (Å²) in [6, 6.07) is 13.4. The zero-order valence-electron chi connectivity index (χ0n) is 13.0. The van der Waals surface area contributed by atoms with E-state index in [1.165, 1.54) is 18.3 Å². The Morgan fingerprint density at radius 2 is 1.54 bits per heavy atom. The lowest BCUT2D eigenvalue weighted by Gasteiger charge is -2.11. The van der Waals surface area contributed by atoms with E-state index in [9.17, 15) is 14.4 Å². The van der Waals surface area contributed by atoms with Crippen molar-refractivity contribution in [2.45, 2.75) is 0 Å². The number of hydroxylamine groups is 2. The minimum absolute atomic E-state index is 0.150. The smallest absolute Gasteiger partial charge is 0.323 e. The molecule has 0 aliphatic carbocycles. The van der Waals surface area contributed by atoms with E-state index in [4.69, 9.17) is 16.4 Å². The first-order chi connectivity index (χ1) is 12.6. The Morgan fingerprint density at radius 1 is 0.962 bits per heavy atom. The van der Waals surface area contributed by atoms with Gasteiger partial charge in [0.05, 0.1) is 22.3 Å². The molecule has 0 saturated heterocycles. The number of amides is 2. The molecule has 0 bridgehead atoms. The highest BCUT2D eigenvalue weighted by molar-refractivity contribution is 7.16. The fourth-order valence-corrected chi connectivity index (χ4v) is 3.61. The first-order valence-electron chi connectivity index (χ1n) is 7.47. The molecule has 8 heteroatoms. The molecule has 2 amide bonds. The quantitative estimate of drug-likeness (QED) is 0.641. The van der Waals surface area contributed by atoms with Crippen LogP contribution in [0.15, 0.2) is 54.7 Å². The van der Waals surface area contributed by atoms with Crippen molar-refractivity contribution >= 4 is 40.7 Å². The van der Waals surface area contributed by atoms with Crippen molar-refractivity contribution in [3.63, 3.8) is 0 Å². The van der Waals surface area contributed by atoms with Crippen molar-refractivity contribution in [1.29, 1.82) is 0 Å². The van der Waals surface area contributed by atoms with Gasteiger partial charge in [0.25, 0.3) is 11.8 Å². The first-order valence-corrected chi connectivity index (χ1v) is 8.66. The molecule has 2 aromatic carbocycles. The molecule has 2 heterocycles. The van der Waals surface area contributed by atoms with Crippen LogP contribution >= 0.6 is 22.9 Å². The predicted molar refractivity (Wildman–Crippen MR) is 94.9 cm³/mol. The molecule has 0 spiro atoms. The summed E-state index contributed by atoms with van der Waals surface area (Å²) in [5.41, 5.74) is 1.08. The van der Waals surface area contributed by atoms with Crippen molar-refractivity contribution in [2.75, 3.05) is 0 Å². The van der Waals surface area contributed by atoms with E-state index in [1.807, 2.05) is 0 Å². The van der Waals surface area contributed by atoms with Gasteiger partial charge in [-0.3, -0.25) is 9.59 Å². The van der Waals surface area contributed by atoms with Gasteiger partial charge in [-0.15, -0.1) is 11.3 Å². The highest BCUT2D eigenvalue weighted by Crippen LogP contribution is 2.31. The monoisotopic (exact) mass is 384 g/mol. The Balaban J connectivity index is 1.56. The Hall–Kier alpha value is -3.03. The van der Waals surface area contributed by atoms with E-state index in [0.717, 1.165) is 11.3 Å². The van der Waals surface area contributed by atoms with E-state index in [0.29, 0.717) is 20.7 Å². The lowest BCUT2D eigenvalue weighted by molar-refractivity contribution is -0.0581. The molecule has 6 nitrogen and oxygen atoms in total. The van der Waals surface area contributed by atoms with Crippen LogP contribution in [0.2, 0.25) is 5.02 Å². The summed E-state index contributed by atoms with van der Waals surface area (Å²) in [4.78, 5) is 46.2. The third-order valence-corrected chi connectivity index (χ3v) is 5.08. The average molecular weight is 385 g/mol. The second-order valence-electron chi connectivity index (χ2n) is 5.34. The van der Waals surface area contributed by atoms with Gasteiger partial charge in [0, 0.05) is 5.56 Å². The number of nitrogens with zero attached hydrogens (tertiary/aromatic N) is 2. The molecule has 0 fully saturated rings. The maximum atomic E-state index is 12.3. The van der Waals surface area contributed by atoms with Gasteiger partial charge in [0.2, 0.25) is 0 Å². The van der Waals surface area contributed by atoms with Crippen molar-refractivity contribution in [3.8, 4) is 10.6 Å². The Morgan fingerprint density at radius 3 is 2.15 bits per heavy atom. The molecule has 26 heavy (non-hydrogen) atoms. The van der Waals surface area contributed by atoms with Gasteiger partial charge >= 0.3 is 5.97 Å². The number of rotatable bonds is 3. The normalized spacial score (nSPS) is 13.0. The number of hydrogen-bond donors (Lipinski definition) is 0. The van der Waals surface area contributed by atoms with Gasteiger partial charge in [0.1, 0.15) is 9.88 Å². The number of hydrogen-bond acceptors (Lipinski definition) is 6. The largest absolute Gasteiger partial charge is 0.375 e. The highest BCUT2D eigenvalue weighted by atomic mass is 35.5. The maximum Gasteiger partial charge on any atom is 0.375 e. The molecular formula is C18H9ClN2O4S. The van der Waals surface area contributed by atoms with Crippen LogP contribution in [0.1, 0.15) is 30.4 Å². The number of thiazole rings is 1. The third-order valence-electron chi connectivity index (χ3n) is 3.74. The molecule has 4 rings (SSSR count). The van der Waals surface area contributed by atoms with Crippen molar-refractivity contribution < 1.29 is 19.2 Å². The summed E-state index contributed by atoms with van der Waals surface area (Å²) in [7, 11) is 0. The zero-order chi connectivity index (χ0) is 18.3. The Bertz CT molecular complexity index is 1030. The summed E-state index contributed by atoms with van der Waals surface area (Å²) < 4.78 is 0. The van der Waals surface area contributed by atoms with Crippen molar-refractivity contribution in [2.24, 2.45) is 0 Å². The van der Waals surface area contributed by atoms with Gasteiger partial charge in [-0.05, 0) is 18.2 Å². The second kappa shape index (κ2) is 6.36. The Labute approximate surface area is 156 Å². The van der Waals surface area contributed by atoms with E-state index < -0.39 is 17.8 Å². The second-order valence-corrected chi connectivity index (χ2v) is 6.78. The summed E-state index contributed by atoms with van der Waals surface area (Å²) >= 11 is 7.19. The van der Waals surface area contributed by atoms with Crippen LogP contribution in [0.4, 0.5) is 0 Å².